The molecule has 2 aliphatic carbocycles. The van der Waals surface area contributed by atoms with Gasteiger partial charge in [-0.3, -0.25) is 4.99 Å². The second kappa shape index (κ2) is 8.17. The van der Waals surface area contributed by atoms with Crippen molar-refractivity contribution in [3.63, 3.8) is 0 Å². The molecule has 2 saturated carbocycles. The molecule has 1 atom stereocenters. The van der Waals surface area contributed by atoms with Crippen LogP contribution in [-0.2, 0) is 9.84 Å². The van der Waals surface area contributed by atoms with Gasteiger partial charge in [-0.1, -0.05) is 6.42 Å². The van der Waals surface area contributed by atoms with E-state index in [1.54, 1.807) is 7.05 Å². The molecule has 0 aliphatic heterocycles. The third kappa shape index (κ3) is 5.86. The molecule has 0 spiro atoms. The summed E-state index contributed by atoms with van der Waals surface area (Å²) < 4.78 is 22.4. The molecule has 2 N–H and O–H groups in total. The molecule has 0 heterocycles. The Morgan fingerprint density at radius 3 is 2.41 bits per heavy atom. The summed E-state index contributed by atoms with van der Waals surface area (Å²) in [6, 6.07) is 0.101. The van der Waals surface area contributed by atoms with E-state index in [2.05, 4.69) is 15.6 Å². The van der Waals surface area contributed by atoms with E-state index >= 15 is 0 Å². The first kappa shape index (κ1) is 20.0. The fourth-order valence-electron chi connectivity index (χ4n) is 3.21. The molecule has 130 valence electrons. The fourth-order valence-corrected chi connectivity index (χ4v) is 3.99. The largest absolute Gasteiger partial charge is 0.356 e. The van der Waals surface area contributed by atoms with Gasteiger partial charge in [-0.15, -0.1) is 24.0 Å². The van der Waals surface area contributed by atoms with Crippen LogP contribution in [0.15, 0.2) is 4.99 Å². The highest BCUT2D eigenvalue weighted by Crippen LogP contribution is 2.56. The normalized spacial score (nSPS) is 22.2. The monoisotopic (exact) mass is 443 g/mol. The molecule has 0 radical (unpaired) electrons. The van der Waals surface area contributed by atoms with Gasteiger partial charge < -0.3 is 10.6 Å². The van der Waals surface area contributed by atoms with Crippen LogP contribution in [0.25, 0.3) is 0 Å². The van der Waals surface area contributed by atoms with Crippen LogP contribution in [0.5, 0.6) is 0 Å². The first-order valence-corrected chi connectivity index (χ1v) is 10.1. The fraction of sp³-hybridized carbons (Fsp3) is 0.933. The maximum absolute atomic E-state index is 11.2. The van der Waals surface area contributed by atoms with Crippen LogP contribution in [0.3, 0.4) is 0 Å². The summed E-state index contributed by atoms with van der Waals surface area (Å²) in [7, 11) is -1.13. The summed E-state index contributed by atoms with van der Waals surface area (Å²) in [5.41, 5.74) is 0.508. The van der Waals surface area contributed by atoms with E-state index in [4.69, 9.17) is 0 Å². The van der Waals surface area contributed by atoms with Crippen molar-refractivity contribution in [2.75, 3.05) is 25.6 Å². The van der Waals surface area contributed by atoms with Crippen LogP contribution >= 0.6 is 24.0 Å². The summed E-state index contributed by atoms with van der Waals surface area (Å²) in [4.78, 5) is 4.26. The summed E-state index contributed by atoms with van der Waals surface area (Å²) in [6.45, 7) is 2.99. The number of aliphatic imine (C=N–C) groups is 1. The molecule has 0 amide bonds. The van der Waals surface area contributed by atoms with E-state index in [0.717, 1.165) is 18.4 Å². The van der Waals surface area contributed by atoms with Gasteiger partial charge in [0.05, 0.1) is 5.75 Å². The lowest BCUT2D eigenvalue weighted by Crippen LogP contribution is -2.49. The van der Waals surface area contributed by atoms with Gasteiger partial charge in [0.15, 0.2) is 5.96 Å². The Bertz CT molecular complexity index is 485. The van der Waals surface area contributed by atoms with Crippen LogP contribution in [0, 0.1) is 11.3 Å². The van der Waals surface area contributed by atoms with Crippen molar-refractivity contribution in [2.45, 2.75) is 51.5 Å². The summed E-state index contributed by atoms with van der Waals surface area (Å²) in [5, 5.41) is 6.74. The van der Waals surface area contributed by atoms with Crippen molar-refractivity contribution >= 4 is 39.8 Å². The molecule has 2 fully saturated rings. The minimum absolute atomic E-state index is 0. The van der Waals surface area contributed by atoms with Crippen molar-refractivity contribution < 1.29 is 8.42 Å². The number of hydrogen-bond donors (Lipinski definition) is 2. The number of sulfone groups is 1. The van der Waals surface area contributed by atoms with Crippen LogP contribution in [0.2, 0.25) is 0 Å². The molecular formula is C15H30IN3O2S. The Labute approximate surface area is 152 Å². The molecular weight excluding hydrogens is 413 g/mol. The Morgan fingerprint density at radius 2 is 2.00 bits per heavy atom. The Kier molecular flexibility index (Phi) is 7.42. The molecule has 5 nitrogen and oxygen atoms in total. The number of nitrogens with one attached hydrogen (secondary N) is 2. The quantitative estimate of drug-likeness (QED) is 0.360. The molecule has 0 saturated heterocycles. The van der Waals surface area contributed by atoms with E-state index in [1.165, 1.54) is 38.4 Å². The van der Waals surface area contributed by atoms with Crippen molar-refractivity contribution in [3.05, 3.63) is 0 Å². The Balaban J connectivity index is 0.00000242. The average Bonchev–Trinajstić information content (AvgIpc) is 3.17. The van der Waals surface area contributed by atoms with Gasteiger partial charge in [-0.05, 0) is 50.4 Å². The second-order valence-electron chi connectivity index (χ2n) is 6.88. The molecule has 0 aromatic rings. The number of halogens is 1. The van der Waals surface area contributed by atoms with Crippen molar-refractivity contribution in [3.8, 4) is 0 Å². The number of hydrogen-bond acceptors (Lipinski definition) is 3. The molecule has 2 rings (SSSR count). The van der Waals surface area contributed by atoms with E-state index in [0.29, 0.717) is 11.8 Å². The SMILES string of the molecule is CN=C(NCC1(C2CC2)CCC1)NC(C)CCS(C)(=O)=O.I. The van der Waals surface area contributed by atoms with Crippen LogP contribution in [0.4, 0.5) is 0 Å². The number of rotatable bonds is 7. The highest BCUT2D eigenvalue weighted by molar-refractivity contribution is 14.0. The van der Waals surface area contributed by atoms with Crippen LogP contribution < -0.4 is 10.6 Å². The van der Waals surface area contributed by atoms with E-state index < -0.39 is 9.84 Å². The molecule has 1 unspecified atom stereocenters. The molecule has 0 aromatic heterocycles. The highest BCUT2D eigenvalue weighted by atomic mass is 127. The van der Waals surface area contributed by atoms with Gasteiger partial charge in [-0.2, -0.15) is 0 Å². The van der Waals surface area contributed by atoms with Gasteiger partial charge in [0.2, 0.25) is 0 Å². The zero-order chi connectivity index (χ0) is 15.5. The maximum Gasteiger partial charge on any atom is 0.191 e. The summed E-state index contributed by atoms with van der Waals surface area (Å²) in [5.74, 6) is 1.92. The van der Waals surface area contributed by atoms with Gasteiger partial charge in [0.1, 0.15) is 9.84 Å². The zero-order valence-corrected chi connectivity index (χ0v) is 17.0. The standard InChI is InChI=1S/C15H29N3O2S.HI/c1-12(7-10-21(3,19)20)18-14(16-2)17-11-15(8-4-9-15)13-5-6-13;/h12-13H,4-11H2,1-3H3,(H2,16,17,18);1H. The van der Waals surface area contributed by atoms with Crippen LogP contribution in [-0.4, -0.2) is 46.0 Å². The minimum Gasteiger partial charge on any atom is -0.356 e. The van der Waals surface area contributed by atoms with Crippen LogP contribution in [0.1, 0.15) is 45.4 Å². The third-order valence-corrected chi connectivity index (χ3v) is 5.91. The highest BCUT2D eigenvalue weighted by Gasteiger charge is 2.48. The molecule has 2 aliphatic rings. The van der Waals surface area contributed by atoms with Crippen molar-refractivity contribution in [1.29, 1.82) is 0 Å². The lowest BCUT2D eigenvalue weighted by atomic mass is 9.65. The topological polar surface area (TPSA) is 70.6 Å². The van der Waals surface area contributed by atoms with Gasteiger partial charge in [0, 0.05) is 25.9 Å². The van der Waals surface area contributed by atoms with E-state index in [9.17, 15) is 8.42 Å². The second-order valence-corrected chi connectivity index (χ2v) is 9.14. The summed E-state index contributed by atoms with van der Waals surface area (Å²) >= 11 is 0. The lowest BCUT2D eigenvalue weighted by molar-refractivity contribution is 0.106. The number of guanidine groups is 1. The maximum atomic E-state index is 11.2. The molecule has 0 aromatic carbocycles. The molecule has 7 heteroatoms. The van der Waals surface area contributed by atoms with Crippen molar-refractivity contribution in [2.24, 2.45) is 16.3 Å². The smallest absolute Gasteiger partial charge is 0.191 e. The minimum atomic E-state index is -2.90. The predicted molar refractivity (Wildman–Crippen MR) is 103 cm³/mol. The van der Waals surface area contributed by atoms with E-state index in [-0.39, 0.29) is 35.8 Å². The zero-order valence-electron chi connectivity index (χ0n) is 13.9. The van der Waals surface area contributed by atoms with Gasteiger partial charge in [-0.25, -0.2) is 8.42 Å². The summed E-state index contributed by atoms with van der Waals surface area (Å²) in [6.07, 6.45) is 8.69. The Hall–Kier alpha value is -0.0500. The molecule has 0 bridgehead atoms. The molecule has 22 heavy (non-hydrogen) atoms. The van der Waals surface area contributed by atoms with E-state index in [1.807, 2.05) is 6.92 Å². The van der Waals surface area contributed by atoms with Gasteiger partial charge in [0.25, 0.3) is 0 Å². The number of nitrogens with zero attached hydrogens (tertiary/aromatic N) is 1. The first-order chi connectivity index (χ1) is 9.85. The lowest BCUT2D eigenvalue weighted by Gasteiger charge is -2.43. The Morgan fingerprint density at radius 1 is 1.36 bits per heavy atom. The first-order valence-electron chi connectivity index (χ1n) is 7.99. The predicted octanol–water partition coefficient (Wildman–Crippen LogP) is 2.17. The average molecular weight is 443 g/mol. The van der Waals surface area contributed by atoms with Crippen molar-refractivity contribution in [1.82, 2.24) is 10.6 Å². The van der Waals surface area contributed by atoms with Gasteiger partial charge >= 0.3 is 0 Å². The third-order valence-electron chi connectivity index (χ3n) is 4.93.